The number of nitrogens with zero attached hydrogens (tertiary/aromatic N) is 1. The Morgan fingerprint density at radius 2 is 1.75 bits per heavy atom. The van der Waals surface area contributed by atoms with Crippen LogP contribution in [0.1, 0.15) is 40.0 Å². The molecule has 2 rings (SSSR count). The van der Waals surface area contributed by atoms with Gasteiger partial charge in [-0.05, 0) is 23.7 Å². The van der Waals surface area contributed by atoms with E-state index in [9.17, 15) is 0 Å². The van der Waals surface area contributed by atoms with Crippen molar-refractivity contribution in [2.45, 2.75) is 40.0 Å². The number of likely N-dealkylation sites (tertiary alicyclic amines) is 1. The second-order valence-electron chi connectivity index (χ2n) is 6.06. The summed E-state index contributed by atoms with van der Waals surface area (Å²) in [4.78, 5) is 2.62. The highest BCUT2D eigenvalue weighted by atomic mass is 15.2. The van der Waals surface area contributed by atoms with Gasteiger partial charge in [-0.1, -0.05) is 27.2 Å². The smallest absolute Gasteiger partial charge is 0.00507 e. The van der Waals surface area contributed by atoms with Gasteiger partial charge in [-0.25, -0.2) is 0 Å². The first kappa shape index (κ1) is 8.55. The van der Waals surface area contributed by atoms with Crippen LogP contribution in [0.15, 0.2) is 0 Å². The van der Waals surface area contributed by atoms with Crippen LogP contribution in [0.5, 0.6) is 0 Å². The van der Waals surface area contributed by atoms with E-state index in [1.165, 1.54) is 38.9 Å². The van der Waals surface area contributed by atoms with E-state index in [4.69, 9.17) is 0 Å². The fraction of sp³-hybridized carbons (Fsp3) is 1.00. The van der Waals surface area contributed by atoms with Crippen LogP contribution in [0.3, 0.4) is 0 Å². The molecule has 2 fully saturated rings. The van der Waals surface area contributed by atoms with Gasteiger partial charge in [0.25, 0.3) is 0 Å². The molecule has 1 aliphatic heterocycles. The Kier molecular flexibility index (Phi) is 1.76. The quantitative estimate of drug-likeness (QED) is 0.580. The van der Waals surface area contributed by atoms with Gasteiger partial charge in [0, 0.05) is 19.6 Å². The molecule has 1 heteroatoms. The van der Waals surface area contributed by atoms with Gasteiger partial charge in [-0.15, -0.1) is 0 Å². The van der Waals surface area contributed by atoms with Crippen molar-refractivity contribution < 1.29 is 0 Å². The summed E-state index contributed by atoms with van der Waals surface area (Å²) in [5.41, 5.74) is 1.30. The van der Waals surface area contributed by atoms with Crippen molar-refractivity contribution in [1.29, 1.82) is 0 Å². The Morgan fingerprint density at radius 3 is 2.08 bits per heavy atom. The largest absolute Gasteiger partial charge is 0.302 e. The second-order valence-corrected chi connectivity index (χ2v) is 6.06. The summed E-state index contributed by atoms with van der Waals surface area (Å²) in [5, 5.41) is 0. The van der Waals surface area contributed by atoms with Crippen LogP contribution < -0.4 is 0 Å². The number of hydrogen-bond donors (Lipinski definition) is 0. The number of hydrogen-bond acceptors (Lipinski definition) is 1. The molecular weight excluding hydrogens is 146 g/mol. The van der Waals surface area contributed by atoms with Gasteiger partial charge in [-0.3, -0.25) is 0 Å². The summed E-state index contributed by atoms with van der Waals surface area (Å²) in [5.74, 6) is 0. The van der Waals surface area contributed by atoms with Gasteiger partial charge >= 0.3 is 0 Å². The molecule has 1 aliphatic carbocycles. The van der Waals surface area contributed by atoms with Crippen molar-refractivity contribution in [1.82, 2.24) is 4.90 Å². The summed E-state index contributed by atoms with van der Waals surface area (Å²) in [6.07, 6.45) is 4.50. The van der Waals surface area contributed by atoms with Crippen LogP contribution in [0.4, 0.5) is 0 Å². The predicted molar refractivity (Wildman–Crippen MR) is 52.2 cm³/mol. The summed E-state index contributed by atoms with van der Waals surface area (Å²) < 4.78 is 0. The zero-order valence-electron chi connectivity index (χ0n) is 8.69. The molecule has 0 unspecified atom stereocenters. The van der Waals surface area contributed by atoms with Crippen molar-refractivity contribution in [3.63, 3.8) is 0 Å². The van der Waals surface area contributed by atoms with Gasteiger partial charge < -0.3 is 4.90 Å². The van der Waals surface area contributed by atoms with Crippen LogP contribution in [0, 0.1) is 10.8 Å². The van der Waals surface area contributed by atoms with Crippen molar-refractivity contribution in [2.24, 2.45) is 10.8 Å². The molecule has 1 heterocycles. The highest BCUT2D eigenvalue weighted by Crippen LogP contribution is 2.48. The van der Waals surface area contributed by atoms with E-state index in [0.717, 1.165) is 5.41 Å². The van der Waals surface area contributed by atoms with Crippen LogP contribution in [0.25, 0.3) is 0 Å². The van der Waals surface area contributed by atoms with Crippen molar-refractivity contribution in [3.05, 3.63) is 0 Å². The average molecular weight is 167 g/mol. The maximum Gasteiger partial charge on any atom is 0.00507 e. The molecule has 1 nitrogen and oxygen atoms in total. The summed E-state index contributed by atoms with van der Waals surface area (Å²) in [7, 11) is 0. The Labute approximate surface area is 76.1 Å². The van der Waals surface area contributed by atoms with E-state index >= 15 is 0 Å². The van der Waals surface area contributed by atoms with Crippen molar-refractivity contribution >= 4 is 0 Å². The first-order chi connectivity index (χ1) is 5.49. The lowest BCUT2D eigenvalue weighted by Gasteiger charge is -2.57. The SMILES string of the molecule is CC(C)(C)CN1CC2(CCC2)C1. The maximum atomic E-state index is 2.62. The normalized spacial score (nSPS) is 28.2. The Balaban J connectivity index is 1.74. The summed E-state index contributed by atoms with van der Waals surface area (Å²) >= 11 is 0. The highest BCUT2D eigenvalue weighted by molar-refractivity contribution is 5.00. The van der Waals surface area contributed by atoms with Crippen LogP contribution in [0.2, 0.25) is 0 Å². The molecule has 2 aliphatic rings. The topological polar surface area (TPSA) is 3.24 Å². The van der Waals surface area contributed by atoms with Crippen LogP contribution in [-0.2, 0) is 0 Å². The van der Waals surface area contributed by atoms with Gasteiger partial charge in [0.05, 0.1) is 0 Å². The third kappa shape index (κ3) is 1.52. The minimum absolute atomic E-state index is 0.491. The molecule has 0 atom stereocenters. The molecule has 0 N–H and O–H groups in total. The van der Waals surface area contributed by atoms with E-state index in [-0.39, 0.29) is 0 Å². The molecular formula is C11H21N. The summed E-state index contributed by atoms with van der Waals surface area (Å²) in [6.45, 7) is 11.1. The molecule has 12 heavy (non-hydrogen) atoms. The zero-order valence-corrected chi connectivity index (χ0v) is 8.69. The first-order valence-electron chi connectivity index (χ1n) is 5.22. The maximum absolute atomic E-state index is 2.62. The zero-order chi connectivity index (χ0) is 8.82. The lowest BCUT2D eigenvalue weighted by atomic mass is 9.63. The molecule has 1 saturated heterocycles. The predicted octanol–water partition coefficient (Wildman–Crippen LogP) is 2.52. The molecule has 0 aromatic heterocycles. The van der Waals surface area contributed by atoms with Crippen LogP contribution >= 0.6 is 0 Å². The molecule has 0 bridgehead atoms. The fourth-order valence-electron chi connectivity index (χ4n) is 2.68. The molecule has 0 aromatic carbocycles. The van der Waals surface area contributed by atoms with E-state index in [1.807, 2.05) is 0 Å². The molecule has 0 radical (unpaired) electrons. The lowest BCUT2D eigenvalue weighted by Crippen LogP contribution is -2.60. The van der Waals surface area contributed by atoms with E-state index in [0.29, 0.717) is 5.41 Å². The third-order valence-electron chi connectivity index (χ3n) is 3.23. The molecule has 1 saturated carbocycles. The van der Waals surface area contributed by atoms with Gasteiger partial charge in [0.1, 0.15) is 0 Å². The van der Waals surface area contributed by atoms with Gasteiger partial charge in [0.15, 0.2) is 0 Å². The van der Waals surface area contributed by atoms with Gasteiger partial charge in [-0.2, -0.15) is 0 Å². The van der Waals surface area contributed by atoms with Crippen molar-refractivity contribution in [3.8, 4) is 0 Å². The first-order valence-corrected chi connectivity index (χ1v) is 5.22. The number of rotatable bonds is 1. The van der Waals surface area contributed by atoms with Crippen LogP contribution in [-0.4, -0.2) is 24.5 Å². The highest BCUT2D eigenvalue weighted by Gasteiger charge is 2.47. The molecule has 0 amide bonds. The lowest BCUT2D eigenvalue weighted by molar-refractivity contribution is -0.0727. The fourth-order valence-corrected chi connectivity index (χ4v) is 2.68. The Hall–Kier alpha value is -0.0400. The van der Waals surface area contributed by atoms with E-state index in [1.54, 1.807) is 0 Å². The second kappa shape index (κ2) is 2.47. The average Bonchev–Trinajstić information content (AvgIpc) is 1.69. The minimum Gasteiger partial charge on any atom is -0.302 e. The summed E-state index contributed by atoms with van der Waals surface area (Å²) in [6, 6.07) is 0. The Bertz CT molecular complexity index is 166. The molecule has 1 spiro atoms. The van der Waals surface area contributed by atoms with E-state index in [2.05, 4.69) is 25.7 Å². The van der Waals surface area contributed by atoms with Crippen molar-refractivity contribution in [2.75, 3.05) is 19.6 Å². The molecule has 70 valence electrons. The Morgan fingerprint density at radius 1 is 1.17 bits per heavy atom. The standard InChI is InChI=1S/C11H21N/c1-10(2,3)7-12-8-11(9-12)5-4-6-11/h4-9H2,1-3H3. The monoisotopic (exact) mass is 167 g/mol. The molecule has 0 aromatic rings. The minimum atomic E-state index is 0.491. The third-order valence-corrected chi connectivity index (χ3v) is 3.23. The van der Waals surface area contributed by atoms with Gasteiger partial charge in [0.2, 0.25) is 0 Å². The van der Waals surface area contributed by atoms with E-state index < -0.39 is 0 Å².